The molecule has 1 amide bonds. The van der Waals surface area contributed by atoms with Gasteiger partial charge in [-0.05, 0) is 12.8 Å². The molecule has 1 heterocycles. The van der Waals surface area contributed by atoms with Gasteiger partial charge in [-0.3, -0.25) is 4.79 Å². The van der Waals surface area contributed by atoms with Crippen LogP contribution in [-0.2, 0) is 0 Å². The largest absolute Gasteiger partial charge is 0.394 e. The highest BCUT2D eigenvalue weighted by atomic mass is 32.1. The van der Waals surface area contributed by atoms with Crippen molar-refractivity contribution in [1.29, 1.82) is 0 Å². The lowest BCUT2D eigenvalue weighted by Crippen LogP contribution is -2.49. The molecule has 0 atom stereocenters. The van der Waals surface area contributed by atoms with E-state index >= 15 is 0 Å². The Balaban J connectivity index is 2.06. The van der Waals surface area contributed by atoms with Crippen molar-refractivity contribution in [3.05, 3.63) is 16.1 Å². The zero-order valence-corrected chi connectivity index (χ0v) is 11.7. The minimum atomic E-state index is -0.418. The summed E-state index contributed by atoms with van der Waals surface area (Å²) in [4.78, 5) is 16.5. The molecular formula is C13H20N2O2S. The van der Waals surface area contributed by atoms with Gasteiger partial charge >= 0.3 is 0 Å². The Bertz CT molecular complexity index is 422. The number of aliphatic hydroxyl groups is 1. The first-order valence-corrected chi connectivity index (χ1v) is 7.33. The molecule has 5 heteroatoms. The first-order valence-electron chi connectivity index (χ1n) is 6.45. The second-order valence-electron chi connectivity index (χ2n) is 5.33. The summed E-state index contributed by atoms with van der Waals surface area (Å²) in [5.41, 5.74) is 0.0574. The fourth-order valence-corrected chi connectivity index (χ4v) is 3.15. The predicted molar refractivity (Wildman–Crippen MR) is 72.0 cm³/mol. The number of hydrogen-bond acceptors (Lipinski definition) is 4. The molecule has 0 spiro atoms. The highest BCUT2D eigenvalue weighted by Gasteiger charge is 2.35. The van der Waals surface area contributed by atoms with Gasteiger partial charge in [-0.15, -0.1) is 11.3 Å². The second-order valence-corrected chi connectivity index (χ2v) is 6.22. The normalized spacial score (nSPS) is 18.2. The quantitative estimate of drug-likeness (QED) is 0.880. The number of nitrogens with zero attached hydrogens (tertiary/aromatic N) is 1. The summed E-state index contributed by atoms with van der Waals surface area (Å²) in [5.74, 6) is 0.184. The number of amides is 1. The molecule has 0 radical (unpaired) electrons. The third kappa shape index (κ3) is 2.72. The van der Waals surface area contributed by atoms with Crippen LogP contribution in [0.4, 0.5) is 0 Å². The second kappa shape index (κ2) is 5.36. The number of carbonyl (C=O) groups excluding carboxylic acids is 1. The molecule has 0 unspecified atom stereocenters. The van der Waals surface area contributed by atoms with E-state index in [1.54, 1.807) is 5.38 Å². The molecule has 0 saturated heterocycles. The number of aliphatic hydroxyl groups excluding tert-OH is 1. The van der Waals surface area contributed by atoms with Crippen LogP contribution in [0, 0.1) is 0 Å². The Morgan fingerprint density at radius 3 is 2.72 bits per heavy atom. The van der Waals surface area contributed by atoms with Crippen LogP contribution in [0.3, 0.4) is 0 Å². The van der Waals surface area contributed by atoms with Gasteiger partial charge in [-0.1, -0.05) is 26.7 Å². The number of aromatic nitrogens is 1. The molecule has 1 saturated carbocycles. The molecule has 1 aromatic heterocycles. The Hall–Kier alpha value is -0.940. The van der Waals surface area contributed by atoms with Gasteiger partial charge < -0.3 is 10.4 Å². The molecule has 1 aliphatic carbocycles. The zero-order valence-electron chi connectivity index (χ0n) is 10.9. The van der Waals surface area contributed by atoms with Crippen molar-refractivity contribution in [1.82, 2.24) is 10.3 Å². The topological polar surface area (TPSA) is 62.2 Å². The monoisotopic (exact) mass is 268 g/mol. The first-order chi connectivity index (χ1) is 8.56. The summed E-state index contributed by atoms with van der Waals surface area (Å²) in [6, 6.07) is 0. The maximum absolute atomic E-state index is 12.1. The van der Waals surface area contributed by atoms with Crippen molar-refractivity contribution in [3.63, 3.8) is 0 Å². The minimum Gasteiger partial charge on any atom is -0.394 e. The molecule has 2 rings (SSSR count). The molecular weight excluding hydrogens is 248 g/mol. The fourth-order valence-electron chi connectivity index (χ4n) is 2.34. The summed E-state index contributed by atoms with van der Waals surface area (Å²) in [6.45, 7) is 4.14. The van der Waals surface area contributed by atoms with Crippen molar-refractivity contribution >= 4 is 17.2 Å². The minimum absolute atomic E-state index is 0.0138. The van der Waals surface area contributed by atoms with Crippen LogP contribution in [0.25, 0.3) is 0 Å². The smallest absolute Gasteiger partial charge is 0.271 e. The van der Waals surface area contributed by atoms with Crippen molar-refractivity contribution in [3.8, 4) is 0 Å². The summed E-state index contributed by atoms with van der Waals surface area (Å²) in [5, 5.41) is 15.2. The van der Waals surface area contributed by atoms with Gasteiger partial charge in [0.2, 0.25) is 0 Å². The van der Waals surface area contributed by atoms with Crippen molar-refractivity contribution in [2.24, 2.45) is 0 Å². The van der Waals surface area contributed by atoms with Crippen LogP contribution < -0.4 is 5.32 Å². The van der Waals surface area contributed by atoms with E-state index in [1.165, 1.54) is 11.3 Å². The molecule has 1 aliphatic rings. The maximum atomic E-state index is 12.1. The van der Waals surface area contributed by atoms with E-state index in [2.05, 4.69) is 24.1 Å². The van der Waals surface area contributed by atoms with E-state index in [-0.39, 0.29) is 12.5 Å². The van der Waals surface area contributed by atoms with E-state index in [0.717, 1.165) is 30.7 Å². The van der Waals surface area contributed by atoms with Crippen LogP contribution in [-0.4, -0.2) is 28.1 Å². The van der Waals surface area contributed by atoms with Gasteiger partial charge in [-0.25, -0.2) is 4.98 Å². The lowest BCUT2D eigenvalue weighted by atomic mass is 9.99. The fraction of sp³-hybridized carbons (Fsp3) is 0.692. The molecule has 0 aromatic carbocycles. The number of rotatable bonds is 4. The van der Waals surface area contributed by atoms with E-state index in [1.807, 2.05) is 0 Å². The Kier molecular flexibility index (Phi) is 4.02. The lowest BCUT2D eigenvalue weighted by Gasteiger charge is -2.27. The number of carbonyl (C=O) groups is 1. The summed E-state index contributed by atoms with van der Waals surface area (Å²) >= 11 is 1.52. The van der Waals surface area contributed by atoms with Gasteiger partial charge in [0.25, 0.3) is 5.91 Å². The average molecular weight is 268 g/mol. The molecule has 2 N–H and O–H groups in total. The standard InChI is InChI=1S/C13H20N2O2S/c1-9(2)12-14-10(7-18-12)11(17)15-13(8-16)5-3-4-6-13/h7,9,16H,3-6,8H2,1-2H3,(H,15,17). The lowest BCUT2D eigenvalue weighted by molar-refractivity contribution is 0.0834. The van der Waals surface area contributed by atoms with Crippen molar-refractivity contribution < 1.29 is 9.90 Å². The maximum Gasteiger partial charge on any atom is 0.271 e. The van der Waals surface area contributed by atoms with E-state index in [9.17, 15) is 9.90 Å². The van der Waals surface area contributed by atoms with E-state index < -0.39 is 5.54 Å². The summed E-state index contributed by atoms with van der Waals surface area (Å²) in [7, 11) is 0. The number of thiazole rings is 1. The van der Waals surface area contributed by atoms with Crippen molar-refractivity contribution in [2.75, 3.05) is 6.61 Å². The highest BCUT2D eigenvalue weighted by Crippen LogP contribution is 2.29. The molecule has 18 heavy (non-hydrogen) atoms. The van der Waals surface area contributed by atoms with Crippen LogP contribution in [0.15, 0.2) is 5.38 Å². The highest BCUT2D eigenvalue weighted by molar-refractivity contribution is 7.09. The van der Waals surface area contributed by atoms with Gasteiger partial charge in [0, 0.05) is 11.3 Å². The van der Waals surface area contributed by atoms with Crippen LogP contribution >= 0.6 is 11.3 Å². The van der Waals surface area contributed by atoms with Crippen LogP contribution in [0.2, 0.25) is 0 Å². The van der Waals surface area contributed by atoms with Crippen LogP contribution in [0.5, 0.6) is 0 Å². The Morgan fingerprint density at radius 2 is 2.22 bits per heavy atom. The van der Waals surface area contributed by atoms with Gasteiger partial charge in [0.05, 0.1) is 17.2 Å². The summed E-state index contributed by atoms with van der Waals surface area (Å²) in [6.07, 6.45) is 3.84. The molecule has 100 valence electrons. The predicted octanol–water partition coefficient (Wildman–Crippen LogP) is 2.30. The van der Waals surface area contributed by atoms with Gasteiger partial charge in [-0.2, -0.15) is 0 Å². The molecule has 1 fully saturated rings. The zero-order chi connectivity index (χ0) is 13.2. The first kappa shape index (κ1) is 13.5. The van der Waals surface area contributed by atoms with Crippen molar-refractivity contribution in [2.45, 2.75) is 51.0 Å². The summed E-state index contributed by atoms with van der Waals surface area (Å²) < 4.78 is 0. The third-order valence-corrected chi connectivity index (χ3v) is 4.64. The van der Waals surface area contributed by atoms with Crippen LogP contribution in [0.1, 0.15) is 60.9 Å². The van der Waals surface area contributed by atoms with Gasteiger partial charge in [0.1, 0.15) is 5.69 Å². The number of nitrogens with one attached hydrogen (secondary N) is 1. The average Bonchev–Trinajstić information content (AvgIpc) is 2.98. The third-order valence-electron chi connectivity index (χ3n) is 3.49. The Labute approximate surface area is 111 Å². The number of hydrogen-bond donors (Lipinski definition) is 2. The molecule has 1 aromatic rings. The Morgan fingerprint density at radius 1 is 1.56 bits per heavy atom. The van der Waals surface area contributed by atoms with Gasteiger partial charge in [0.15, 0.2) is 0 Å². The van der Waals surface area contributed by atoms with E-state index in [4.69, 9.17) is 0 Å². The molecule has 4 nitrogen and oxygen atoms in total. The molecule has 0 bridgehead atoms. The van der Waals surface area contributed by atoms with E-state index in [0.29, 0.717) is 11.6 Å². The SMILES string of the molecule is CC(C)c1nc(C(=O)NC2(CO)CCCC2)cs1. The molecule has 0 aliphatic heterocycles.